The van der Waals surface area contributed by atoms with Gasteiger partial charge < -0.3 is 24.1 Å². The Balaban J connectivity index is 1.70. The van der Waals surface area contributed by atoms with Crippen molar-refractivity contribution in [2.45, 2.75) is 26.8 Å². The van der Waals surface area contributed by atoms with Crippen LogP contribution in [0.25, 0.3) is 5.76 Å². The normalized spacial score (nSPS) is 17.4. The molecule has 3 heterocycles. The molecule has 0 saturated carbocycles. The third-order valence-electron chi connectivity index (χ3n) is 6.51. The van der Waals surface area contributed by atoms with Crippen molar-refractivity contribution in [2.24, 2.45) is 0 Å². The van der Waals surface area contributed by atoms with E-state index in [9.17, 15) is 19.5 Å². The van der Waals surface area contributed by atoms with Gasteiger partial charge in [0.05, 0.1) is 28.8 Å². The molecule has 1 N–H and O–H groups in total. The highest BCUT2D eigenvalue weighted by Gasteiger charge is 2.48. The third-order valence-corrected chi connectivity index (χ3v) is 7.77. The van der Waals surface area contributed by atoms with E-state index < -0.39 is 23.5 Å². The number of thiazole rings is 1. The minimum atomic E-state index is -1.08. The molecule has 0 spiro atoms. The maximum atomic E-state index is 13.6. The maximum absolute atomic E-state index is 13.6. The molecule has 2 aliphatic rings. The lowest BCUT2D eigenvalue weighted by atomic mass is 9.95. The first-order chi connectivity index (χ1) is 19.7. The summed E-state index contributed by atoms with van der Waals surface area (Å²) in [6.07, 6.45) is 1.60. The molecule has 10 nitrogen and oxygen atoms in total. The predicted molar refractivity (Wildman–Crippen MR) is 152 cm³/mol. The highest BCUT2D eigenvalue weighted by molar-refractivity contribution is 7.18. The van der Waals surface area contributed by atoms with E-state index in [1.54, 1.807) is 49.4 Å². The highest BCUT2D eigenvalue weighted by Crippen LogP contribution is 2.46. The van der Waals surface area contributed by atoms with E-state index in [0.29, 0.717) is 59.0 Å². The number of rotatable bonds is 9. The number of carbonyl (C=O) groups excluding carboxylic acids is 3. The molecule has 0 bridgehead atoms. The van der Waals surface area contributed by atoms with Crippen LogP contribution in [0.3, 0.4) is 0 Å². The Bertz CT molecular complexity index is 1590. The predicted octanol–water partition coefficient (Wildman–Crippen LogP) is 5.02. The number of benzene rings is 2. The molecule has 5 rings (SSSR count). The fourth-order valence-corrected chi connectivity index (χ4v) is 5.72. The van der Waals surface area contributed by atoms with Gasteiger partial charge in [0.15, 0.2) is 33.9 Å². The van der Waals surface area contributed by atoms with Crippen molar-refractivity contribution < 1.29 is 38.4 Å². The van der Waals surface area contributed by atoms with Gasteiger partial charge >= 0.3 is 5.91 Å². The fraction of sp³-hybridized carbons (Fsp3) is 0.267. The number of carbonyl (C=O) groups is 3. The molecule has 1 saturated heterocycles. The molecule has 0 aliphatic carbocycles. The van der Waals surface area contributed by atoms with Crippen LogP contribution in [0.5, 0.6) is 23.0 Å². The van der Waals surface area contributed by atoms with Gasteiger partial charge in [-0.3, -0.25) is 19.3 Å². The number of aromatic nitrogens is 1. The highest BCUT2D eigenvalue weighted by atomic mass is 32.1. The van der Waals surface area contributed by atoms with E-state index in [-0.39, 0.29) is 28.7 Å². The maximum Gasteiger partial charge on any atom is 0.301 e. The zero-order valence-electron chi connectivity index (χ0n) is 22.8. The number of amides is 1. The van der Waals surface area contributed by atoms with E-state index in [1.165, 1.54) is 11.8 Å². The second-order valence-corrected chi connectivity index (χ2v) is 10.2. The third kappa shape index (κ3) is 5.16. The number of ketones is 2. The summed E-state index contributed by atoms with van der Waals surface area (Å²) in [5, 5.41) is 11.7. The second-order valence-electron chi connectivity index (χ2n) is 9.23. The molecule has 1 fully saturated rings. The first-order valence-corrected chi connectivity index (χ1v) is 13.8. The van der Waals surface area contributed by atoms with Crippen LogP contribution in [-0.4, -0.2) is 54.0 Å². The van der Waals surface area contributed by atoms with Crippen LogP contribution in [0.15, 0.2) is 54.6 Å². The number of anilines is 1. The van der Waals surface area contributed by atoms with Crippen LogP contribution < -0.4 is 23.8 Å². The quantitative estimate of drug-likeness (QED) is 0.123. The molecule has 2 aliphatic heterocycles. The Labute approximate surface area is 240 Å². The van der Waals surface area contributed by atoms with E-state index in [1.807, 2.05) is 6.92 Å². The van der Waals surface area contributed by atoms with Crippen LogP contribution in [0.4, 0.5) is 5.13 Å². The van der Waals surface area contributed by atoms with E-state index in [0.717, 1.165) is 11.3 Å². The molecule has 1 amide bonds. The molecule has 2 aromatic carbocycles. The van der Waals surface area contributed by atoms with Crippen molar-refractivity contribution in [3.63, 3.8) is 0 Å². The zero-order valence-corrected chi connectivity index (χ0v) is 23.6. The van der Waals surface area contributed by atoms with Crippen molar-refractivity contribution in [2.75, 3.05) is 31.3 Å². The summed E-state index contributed by atoms with van der Waals surface area (Å²) in [5.74, 6) is -0.630. The SMILES string of the molecule is C=CCOc1ccc([C@@H]2C(=C(O)c3ccc4c(c3)OCCO4)C(=O)C(=O)N2c2nc(C)c(C(C)=O)s2)cc1OCC. The molecule has 1 aromatic heterocycles. The summed E-state index contributed by atoms with van der Waals surface area (Å²) in [5.41, 5.74) is 1.03. The number of nitrogens with zero attached hydrogens (tertiary/aromatic N) is 2. The van der Waals surface area contributed by atoms with Gasteiger partial charge in [-0.1, -0.05) is 30.1 Å². The van der Waals surface area contributed by atoms with Gasteiger partial charge in [-0.05, 0) is 49.7 Å². The number of fused-ring (bicyclic) bond motifs is 1. The standard InChI is InChI=1S/C30H28N2O8S/c1-5-11-38-20-9-7-18(14-22(20)37-6-2)25-24(26(34)19-8-10-21-23(15-19)40-13-12-39-21)27(35)29(36)32(25)30-31-16(3)28(41-30)17(4)33/h5,7-10,14-15,25,34H,1,6,11-13H2,2-4H3/t25-/m1/s1. The minimum Gasteiger partial charge on any atom is -0.507 e. The van der Waals surface area contributed by atoms with Gasteiger partial charge in [0.1, 0.15) is 25.6 Å². The van der Waals surface area contributed by atoms with Gasteiger partial charge in [-0.15, -0.1) is 0 Å². The van der Waals surface area contributed by atoms with Crippen molar-refractivity contribution in [3.8, 4) is 23.0 Å². The van der Waals surface area contributed by atoms with Crippen LogP contribution >= 0.6 is 11.3 Å². The fourth-order valence-electron chi connectivity index (χ4n) is 4.73. The minimum absolute atomic E-state index is 0.147. The largest absolute Gasteiger partial charge is 0.507 e. The summed E-state index contributed by atoms with van der Waals surface area (Å²) in [4.78, 5) is 45.4. The van der Waals surface area contributed by atoms with Crippen molar-refractivity contribution >= 4 is 39.7 Å². The van der Waals surface area contributed by atoms with Gasteiger partial charge in [-0.25, -0.2) is 4.98 Å². The van der Waals surface area contributed by atoms with Crippen molar-refractivity contribution in [1.29, 1.82) is 0 Å². The monoisotopic (exact) mass is 576 g/mol. The Morgan fingerprint density at radius 3 is 2.59 bits per heavy atom. The molecular formula is C30H28N2O8S. The Morgan fingerprint density at radius 1 is 1.15 bits per heavy atom. The first-order valence-electron chi connectivity index (χ1n) is 12.9. The summed E-state index contributed by atoms with van der Waals surface area (Å²) in [7, 11) is 0. The molecule has 0 unspecified atom stereocenters. The average molecular weight is 577 g/mol. The summed E-state index contributed by atoms with van der Waals surface area (Å²) in [6.45, 7) is 9.87. The molecule has 41 heavy (non-hydrogen) atoms. The van der Waals surface area contributed by atoms with Gasteiger partial charge in [0, 0.05) is 12.5 Å². The Kier molecular flexibility index (Phi) is 7.80. The van der Waals surface area contributed by atoms with Crippen LogP contribution in [0, 0.1) is 6.92 Å². The van der Waals surface area contributed by atoms with Gasteiger partial charge in [0.25, 0.3) is 5.78 Å². The Hall–Kier alpha value is -4.64. The Morgan fingerprint density at radius 2 is 1.90 bits per heavy atom. The van der Waals surface area contributed by atoms with Crippen LogP contribution in [0.1, 0.15) is 46.4 Å². The molecular weight excluding hydrogens is 548 g/mol. The topological polar surface area (TPSA) is 124 Å². The van der Waals surface area contributed by atoms with E-state index in [2.05, 4.69) is 11.6 Å². The van der Waals surface area contributed by atoms with Crippen LogP contribution in [0.2, 0.25) is 0 Å². The van der Waals surface area contributed by atoms with Crippen LogP contribution in [-0.2, 0) is 9.59 Å². The number of ether oxygens (including phenoxy) is 4. The number of hydrogen-bond acceptors (Lipinski definition) is 10. The summed E-state index contributed by atoms with van der Waals surface area (Å²) < 4.78 is 22.8. The van der Waals surface area contributed by atoms with E-state index >= 15 is 0 Å². The van der Waals surface area contributed by atoms with E-state index in [4.69, 9.17) is 18.9 Å². The summed E-state index contributed by atoms with van der Waals surface area (Å²) in [6, 6.07) is 8.73. The molecule has 3 aromatic rings. The lowest BCUT2D eigenvalue weighted by molar-refractivity contribution is -0.132. The van der Waals surface area contributed by atoms with Gasteiger partial charge in [0.2, 0.25) is 0 Å². The molecule has 212 valence electrons. The molecule has 0 radical (unpaired) electrons. The first kappa shape index (κ1) is 27.9. The zero-order chi connectivity index (χ0) is 29.3. The number of aliphatic hydroxyl groups is 1. The number of Topliss-reactive ketones (excluding diaryl/α,β-unsaturated/α-hetero) is 2. The number of aliphatic hydroxyl groups excluding tert-OH is 1. The lowest BCUT2D eigenvalue weighted by Gasteiger charge is -2.24. The lowest BCUT2D eigenvalue weighted by Crippen LogP contribution is -2.29. The summed E-state index contributed by atoms with van der Waals surface area (Å²) >= 11 is 1.01. The molecule has 11 heteroatoms. The number of hydrogen-bond donors (Lipinski definition) is 1. The van der Waals surface area contributed by atoms with Gasteiger partial charge in [-0.2, -0.15) is 0 Å². The second kappa shape index (κ2) is 11.5. The van der Waals surface area contributed by atoms with Crippen molar-refractivity contribution in [1.82, 2.24) is 4.98 Å². The van der Waals surface area contributed by atoms with Crippen molar-refractivity contribution in [3.05, 3.63) is 76.3 Å². The smallest absolute Gasteiger partial charge is 0.301 e. The number of aryl methyl sites for hydroxylation is 1. The molecule has 1 atom stereocenters. The average Bonchev–Trinajstić information content (AvgIpc) is 3.48.